The zero-order chi connectivity index (χ0) is 24.5. The van der Waals surface area contributed by atoms with Crippen molar-refractivity contribution in [3.63, 3.8) is 0 Å². The number of benzene rings is 3. The summed E-state index contributed by atoms with van der Waals surface area (Å²) in [5.41, 5.74) is 1.69. The van der Waals surface area contributed by atoms with Gasteiger partial charge in [0.1, 0.15) is 11.7 Å². The van der Waals surface area contributed by atoms with Crippen LogP contribution >= 0.6 is 0 Å². The predicted octanol–water partition coefficient (Wildman–Crippen LogP) is 4.43. The summed E-state index contributed by atoms with van der Waals surface area (Å²) in [6, 6.07) is 21.3. The molecule has 9 nitrogen and oxygen atoms in total. The van der Waals surface area contributed by atoms with Crippen LogP contribution in [0.15, 0.2) is 78.9 Å². The number of hydrogen-bond donors (Lipinski definition) is 0. The summed E-state index contributed by atoms with van der Waals surface area (Å²) in [7, 11) is 0. The van der Waals surface area contributed by atoms with Gasteiger partial charge >= 0.3 is 0 Å². The van der Waals surface area contributed by atoms with E-state index in [1.165, 1.54) is 12.1 Å². The van der Waals surface area contributed by atoms with Crippen LogP contribution < -0.4 is 14.7 Å². The number of nitro benzene ring substituents is 1. The molecule has 0 spiro atoms. The Morgan fingerprint density at radius 2 is 1.60 bits per heavy atom. The molecule has 5 rings (SSSR count). The maximum Gasteiger partial charge on any atom is 0.269 e. The van der Waals surface area contributed by atoms with Crippen molar-refractivity contribution in [2.24, 2.45) is 5.92 Å². The number of ether oxygens (including phenoxy) is 1. The summed E-state index contributed by atoms with van der Waals surface area (Å²) in [6.07, 6.45) is -0.146. The summed E-state index contributed by atoms with van der Waals surface area (Å²) in [5.74, 6) is -0.998. The van der Waals surface area contributed by atoms with E-state index in [0.29, 0.717) is 29.3 Å². The van der Waals surface area contributed by atoms with E-state index in [1.807, 2.05) is 37.3 Å². The van der Waals surface area contributed by atoms with Gasteiger partial charge in [0.2, 0.25) is 5.91 Å². The molecule has 0 radical (unpaired) electrons. The van der Waals surface area contributed by atoms with E-state index in [1.54, 1.807) is 41.5 Å². The molecule has 2 saturated heterocycles. The van der Waals surface area contributed by atoms with Gasteiger partial charge in [-0.15, -0.1) is 0 Å². The highest BCUT2D eigenvalue weighted by Crippen LogP contribution is 2.47. The summed E-state index contributed by atoms with van der Waals surface area (Å²) in [4.78, 5) is 44.9. The minimum absolute atomic E-state index is 0.0590. The normalized spacial score (nSPS) is 21.3. The molecule has 0 N–H and O–H groups in total. The van der Waals surface area contributed by atoms with Crippen molar-refractivity contribution in [3.8, 4) is 5.75 Å². The molecule has 178 valence electrons. The molecule has 35 heavy (non-hydrogen) atoms. The van der Waals surface area contributed by atoms with E-state index >= 15 is 0 Å². The summed E-state index contributed by atoms with van der Waals surface area (Å²) >= 11 is 0. The molecule has 2 amide bonds. The van der Waals surface area contributed by atoms with Crippen LogP contribution in [0.4, 0.5) is 17.1 Å². The van der Waals surface area contributed by atoms with Gasteiger partial charge in [0.15, 0.2) is 6.10 Å². The number of hydroxylamine groups is 1. The van der Waals surface area contributed by atoms with Gasteiger partial charge in [0.25, 0.3) is 11.6 Å². The number of nitrogens with zero attached hydrogens (tertiary/aromatic N) is 3. The quantitative estimate of drug-likeness (QED) is 0.284. The Bertz CT molecular complexity index is 1250. The molecule has 0 aliphatic carbocycles. The van der Waals surface area contributed by atoms with Crippen LogP contribution in [0.3, 0.4) is 0 Å². The van der Waals surface area contributed by atoms with Crippen LogP contribution in [-0.4, -0.2) is 29.4 Å². The van der Waals surface area contributed by atoms with Crippen molar-refractivity contribution in [3.05, 3.63) is 94.5 Å². The lowest BCUT2D eigenvalue weighted by molar-refractivity contribution is -0.384. The number of fused-ring (bicyclic) bond motifs is 1. The predicted molar refractivity (Wildman–Crippen MR) is 128 cm³/mol. The van der Waals surface area contributed by atoms with Crippen molar-refractivity contribution in [2.75, 3.05) is 16.6 Å². The van der Waals surface area contributed by atoms with Gasteiger partial charge in [-0.1, -0.05) is 37.3 Å². The third-order valence-electron chi connectivity index (χ3n) is 6.14. The van der Waals surface area contributed by atoms with Crippen molar-refractivity contribution < 1.29 is 24.1 Å². The Labute approximate surface area is 201 Å². The smallest absolute Gasteiger partial charge is 0.269 e. The van der Waals surface area contributed by atoms with Crippen molar-refractivity contribution in [2.45, 2.75) is 25.5 Å². The standard InChI is InChI=1S/C26H23N3O6/c1-2-16-34-21-14-12-18(13-15-21)27-25(30)22-23(17-8-10-20(11-9-17)29(32)33)28(35-24(22)26(27)31)19-6-4-3-5-7-19/h3-15,22-24H,2,16H2,1H3/t22-,23-,24-/m0/s1. The number of nitro groups is 1. The zero-order valence-corrected chi connectivity index (χ0v) is 18.9. The van der Waals surface area contributed by atoms with Gasteiger partial charge in [0, 0.05) is 12.1 Å². The Balaban J connectivity index is 1.50. The van der Waals surface area contributed by atoms with Crippen molar-refractivity contribution >= 4 is 28.9 Å². The molecule has 9 heteroatoms. The van der Waals surface area contributed by atoms with E-state index in [-0.39, 0.29) is 11.6 Å². The first-order valence-electron chi connectivity index (χ1n) is 11.4. The zero-order valence-electron chi connectivity index (χ0n) is 18.9. The molecule has 3 atom stereocenters. The van der Waals surface area contributed by atoms with Crippen LogP contribution in [0, 0.1) is 16.0 Å². The average molecular weight is 473 g/mol. The molecule has 3 aromatic carbocycles. The molecule has 3 aromatic rings. The number of amides is 2. The number of para-hydroxylation sites is 1. The van der Waals surface area contributed by atoms with Gasteiger partial charge in [-0.2, -0.15) is 0 Å². The van der Waals surface area contributed by atoms with Crippen molar-refractivity contribution in [1.29, 1.82) is 0 Å². The SMILES string of the molecule is CCCOc1ccc(N2C(=O)[C@@H]3[C@H](ON(c4ccccc4)[C@H]3c3ccc([N+](=O)[O-])cc3)C2=O)cc1. The first-order valence-corrected chi connectivity index (χ1v) is 11.4. The molecule has 0 bridgehead atoms. The van der Waals surface area contributed by atoms with Crippen LogP contribution in [0.25, 0.3) is 0 Å². The monoisotopic (exact) mass is 473 g/mol. The second kappa shape index (κ2) is 9.19. The summed E-state index contributed by atoms with van der Waals surface area (Å²) < 4.78 is 5.60. The minimum Gasteiger partial charge on any atom is -0.494 e. The molecular formula is C26H23N3O6. The molecule has 0 unspecified atom stereocenters. The number of carbonyl (C=O) groups excluding carboxylic acids is 2. The maximum atomic E-state index is 13.6. The highest BCUT2D eigenvalue weighted by atomic mass is 16.7. The average Bonchev–Trinajstić information content (AvgIpc) is 3.39. The summed E-state index contributed by atoms with van der Waals surface area (Å²) in [6.45, 7) is 2.58. The fourth-order valence-electron chi connectivity index (χ4n) is 4.51. The Hall–Kier alpha value is -4.24. The molecule has 2 aliphatic heterocycles. The number of hydrogen-bond acceptors (Lipinski definition) is 7. The van der Waals surface area contributed by atoms with Gasteiger partial charge in [-0.05, 0) is 48.4 Å². The third-order valence-corrected chi connectivity index (χ3v) is 6.14. The lowest BCUT2D eigenvalue weighted by Gasteiger charge is -2.28. The maximum absolute atomic E-state index is 13.6. The fourth-order valence-corrected chi connectivity index (χ4v) is 4.51. The number of carbonyl (C=O) groups is 2. The Kier molecular flexibility index (Phi) is 5.92. The Morgan fingerprint density at radius 3 is 2.23 bits per heavy atom. The number of anilines is 2. The largest absolute Gasteiger partial charge is 0.494 e. The van der Waals surface area contributed by atoms with Gasteiger partial charge in [-0.3, -0.25) is 24.5 Å². The molecular weight excluding hydrogens is 450 g/mol. The van der Waals surface area contributed by atoms with E-state index in [4.69, 9.17) is 9.57 Å². The lowest BCUT2D eigenvalue weighted by atomic mass is 9.90. The first kappa shape index (κ1) is 22.5. The van der Waals surface area contributed by atoms with Gasteiger partial charge in [0.05, 0.1) is 28.9 Å². The topological polar surface area (TPSA) is 102 Å². The van der Waals surface area contributed by atoms with Crippen LogP contribution in [0.2, 0.25) is 0 Å². The Morgan fingerprint density at radius 1 is 0.914 bits per heavy atom. The van der Waals surface area contributed by atoms with Crippen LogP contribution in [0.1, 0.15) is 24.9 Å². The number of non-ortho nitro benzene ring substituents is 1. The number of imide groups is 1. The molecule has 2 fully saturated rings. The summed E-state index contributed by atoms with van der Waals surface area (Å²) in [5, 5.41) is 12.7. The van der Waals surface area contributed by atoms with E-state index in [0.717, 1.165) is 11.3 Å². The molecule has 2 heterocycles. The van der Waals surface area contributed by atoms with E-state index < -0.39 is 28.9 Å². The molecule has 2 aliphatic rings. The van der Waals surface area contributed by atoms with Gasteiger partial charge in [-0.25, -0.2) is 9.96 Å². The minimum atomic E-state index is -1.01. The molecule has 0 aromatic heterocycles. The fraction of sp³-hybridized carbons (Fsp3) is 0.231. The van der Waals surface area contributed by atoms with Crippen LogP contribution in [-0.2, 0) is 14.4 Å². The number of rotatable bonds is 7. The van der Waals surface area contributed by atoms with Crippen molar-refractivity contribution in [1.82, 2.24) is 0 Å². The third kappa shape index (κ3) is 4.00. The molecule has 0 saturated carbocycles. The highest BCUT2D eigenvalue weighted by molar-refractivity contribution is 6.23. The first-order chi connectivity index (χ1) is 17.0. The second-order valence-electron chi connectivity index (χ2n) is 8.36. The lowest BCUT2D eigenvalue weighted by Crippen LogP contribution is -2.37. The second-order valence-corrected chi connectivity index (χ2v) is 8.36. The van der Waals surface area contributed by atoms with Gasteiger partial charge < -0.3 is 4.74 Å². The van der Waals surface area contributed by atoms with Crippen LogP contribution in [0.5, 0.6) is 5.75 Å². The highest BCUT2D eigenvalue weighted by Gasteiger charge is 2.60. The van der Waals surface area contributed by atoms with E-state index in [9.17, 15) is 19.7 Å². The van der Waals surface area contributed by atoms with E-state index in [2.05, 4.69) is 0 Å².